The van der Waals surface area contributed by atoms with Crippen LogP contribution >= 0.6 is 0 Å². The Labute approximate surface area is 70.4 Å². The monoisotopic (exact) mass is 153 g/mol. The molecule has 0 unspecified atom stereocenters. The van der Waals surface area contributed by atoms with Crippen molar-refractivity contribution in [2.45, 2.75) is 33.2 Å². The summed E-state index contributed by atoms with van der Waals surface area (Å²) in [6.07, 6.45) is 8.18. The predicted molar refractivity (Wildman–Crippen MR) is 51.5 cm³/mol. The van der Waals surface area contributed by atoms with Crippen molar-refractivity contribution < 1.29 is 0 Å². The maximum Gasteiger partial charge on any atom is 0.0309 e. The van der Waals surface area contributed by atoms with Crippen LogP contribution in [0.5, 0.6) is 0 Å². The first-order valence-electron chi connectivity index (χ1n) is 4.01. The van der Waals surface area contributed by atoms with Crippen molar-refractivity contribution in [1.29, 1.82) is 0 Å². The minimum absolute atomic E-state index is 0.220. The molecule has 11 heavy (non-hydrogen) atoms. The Morgan fingerprint density at radius 2 is 1.64 bits per heavy atom. The molecule has 0 atom stereocenters. The summed E-state index contributed by atoms with van der Waals surface area (Å²) in [7, 11) is 2.08. The highest BCUT2D eigenvalue weighted by Gasteiger charge is 2.11. The van der Waals surface area contributed by atoms with E-state index < -0.39 is 0 Å². The van der Waals surface area contributed by atoms with Crippen molar-refractivity contribution in [3.05, 3.63) is 24.4 Å². The summed E-state index contributed by atoms with van der Waals surface area (Å²) in [6.45, 7) is 8.58. The summed E-state index contributed by atoms with van der Waals surface area (Å²) in [5.74, 6) is 0. The third-order valence-corrected chi connectivity index (χ3v) is 1.67. The topological polar surface area (TPSA) is 3.24 Å². The van der Waals surface area contributed by atoms with Crippen LogP contribution in [0.2, 0.25) is 0 Å². The fraction of sp³-hybridized carbons (Fsp3) is 0.600. The van der Waals surface area contributed by atoms with Crippen molar-refractivity contribution in [3.8, 4) is 0 Å². The highest BCUT2D eigenvalue weighted by molar-refractivity contribution is 5.01. The first-order valence-corrected chi connectivity index (χ1v) is 4.01. The number of rotatable bonds is 2. The van der Waals surface area contributed by atoms with E-state index in [0.29, 0.717) is 0 Å². The van der Waals surface area contributed by atoms with Crippen molar-refractivity contribution in [1.82, 2.24) is 4.90 Å². The molecule has 0 radical (unpaired) electrons. The van der Waals surface area contributed by atoms with E-state index in [-0.39, 0.29) is 5.54 Å². The Kier molecular flexibility index (Phi) is 3.94. The molecule has 0 aliphatic carbocycles. The van der Waals surface area contributed by atoms with Crippen LogP contribution in [0.15, 0.2) is 24.4 Å². The van der Waals surface area contributed by atoms with E-state index in [2.05, 4.69) is 38.9 Å². The fourth-order valence-electron chi connectivity index (χ4n) is 0.514. The Bertz CT molecular complexity index is 149. The van der Waals surface area contributed by atoms with Crippen LogP contribution in [0, 0.1) is 0 Å². The molecule has 0 heterocycles. The van der Waals surface area contributed by atoms with Crippen LogP contribution in [0.4, 0.5) is 0 Å². The second-order valence-corrected chi connectivity index (χ2v) is 3.65. The summed E-state index contributed by atoms with van der Waals surface area (Å²) in [4.78, 5) is 2.19. The van der Waals surface area contributed by atoms with Gasteiger partial charge in [-0.15, -0.1) is 0 Å². The minimum atomic E-state index is 0.220. The van der Waals surface area contributed by atoms with Gasteiger partial charge >= 0.3 is 0 Å². The number of hydrogen-bond acceptors (Lipinski definition) is 1. The second-order valence-electron chi connectivity index (χ2n) is 3.65. The van der Waals surface area contributed by atoms with Gasteiger partial charge in [0.15, 0.2) is 0 Å². The van der Waals surface area contributed by atoms with E-state index in [0.717, 1.165) is 0 Å². The molecule has 0 saturated carbocycles. The van der Waals surface area contributed by atoms with E-state index >= 15 is 0 Å². The number of hydrogen-bond donors (Lipinski definition) is 0. The normalized spacial score (nSPS) is 13.2. The second kappa shape index (κ2) is 4.22. The van der Waals surface area contributed by atoms with Gasteiger partial charge in [0.1, 0.15) is 0 Å². The average molecular weight is 153 g/mol. The lowest BCUT2D eigenvalue weighted by atomic mass is 10.1. The van der Waals surface area contributed by atoms with Gasteiger partial charge in [0, 0.05) is 12.6 Å². The van der Waals surface area contributed by atoms with E-state index in [1.807, 2.05) is 25.2 Å². The fourth-order valence-corrected chi connectivity index (χ4v) is 0.514. The molecule has 1 nitrogen and oxygen atoms in total. The zero-order valence-corrected chi connectivity index (χ0v) is 8.26. The van der Waals surface area contributed by atoms with E-state index in [1.165, 1.54) is 0 Å². The Balaban J connectivity index is 3.96. The molecule has 1 heteroatoms. The van der Waals surface area contributed by atoms with Crippen molar-refractivity contribution in [2.75, 3.05) is 7.05 Å². The highest BCUT2D eigenvalue weighted by atomic mass is 15.1. The molecule has 0 aromatic carbocycles. The van der Waals surface area contributed by atoms with Crippen LogP contribution in [0.3, 0.4) is 0 Å². The van der Waals surface area contributed by atoms with Gasteiger partial charge in [-0.1, -0.05) is 12.2 Å². The Morgan fingerprint density at radius 3 is 2.00 bits per heavy atom. The summed E-state index contributed by atoms with van der Waals surface area (Å²) in [5.41, 5.74) is 0.220. The smallest absolute Gasteiger partial charge is 0.0309 e. The average Bonchev–Trinajstić information content (AvgIpc) is 1.86. The van der Waals surface area contributed by atoms with Gasteiger partial charge in [0.05, 0.1) is 0 Å². The van der Waals surface area contributed by atoms with Gasteiger partial charge in [-0.05, 0) is 40.0 Å². The van der Waals surface area contributed by atoms with Crippen LogP contribution in [-0.4, -0.2) is 17.5 Å². The lowest BCUT2D eigenvalue weighted by molar-refractivity contribution is 0.250. The molecule has 0 spiro atoms. The first kappa shape index (κ1) is 10.3. The third-order valence-electron chi connectivity index (χ3n) is 1.67. The van der Waals surface area contributed by atoms with Crippen LogP contribution in [0.1, 0.15) is 27.7 Å². The highest BCUT2D eigenvalue weighted by Crippen LogP contribution is 2.09. The van der Waals surface area contributed by atoms with Gasteiger partial charge in [-0.3, -0.25) is 0 Å². The molecule has 0 fully saturated rings. The molecule has 0 saturated heterocycles. The van der Waals surface area contributed by atoms with Crippen LogP contribution in [-0.2, 0) is 0 Å². The summed E-state index contributed by atoms with van der Waals surface area (Å²) in [5, 5.41) is 0. The molecule has 0 bridgehead atoms. The largest absolute Gasteiger partial charge is 0.376 e. The Hall–Kier alpha value is -0.720. The molecule has 0 aromatic rings. The van der Waals surface area contributed by atoms with Crippen molar-refractivity contribution >= 4 is 0 Å². The molecule has 0 aromatic heterocycles. The van der Waals surface area contributed by atoms with Gasteiger partial charge in [0.2, 0.25) is 0 Å². The molecule has 0 rings (SSSR count). The third kappa shape index (κ3) is 4.65. The van der Waals surface area contributed by atoms with E-state index in [1.54, 1.807) is 0 Å². The molecular formula is C10H19N. The lowest BCUT2D eigenvalue weighted by Gasteiger charge is -2.30. The van der Waals surface area contributed by atoms with Gasteiger partial charge in [-0.25, -0.2) is 0 Å². The molecular weight excluding hydrogens is 134 g/mol. The molecule has 64 valence electrons. The summed E-state index contributed by atoms with van der Waals surface area (Å²) >= 11 is 0. The Morgan fingerprint density at radius 1 is 1.09 bits per heavy atom. The molecule has 0 amide bonds. The van der Waals surface area contributed by atoms with Gasteiger partial charge in [-0.2, -0.15) is 0 Å². The minimum Gasteiger partial charge on any atom is -0.376 e. The quantitative estimate of drug-likeness (QED) is 0.551. The maximum atomic E-state index is 2.19. The van der Waals surface area contributed by atoms with Gasteiger partial charge in [0.25, 0.3) is 0 Å². The number of nitrogens with zero attached hydrogens (tertiary/aromatic N) is 1. The standard InChI is InChI=1S/C10H19N/c1-6-7-8-9-11(5)10(2,3)4/h6-9H,1-5H3/b7-6-,9-8-. The molecule has 0 aliphatic heterocycles. The van der Waals surface area contributed by atoms with Crippen molar-refractivity contribution in [2.24, 2.45) is 0 Å². The van der Waals surface area contributed by atoms with Crippen LogP contribution in [0.25, 0.3) is 0 Å². The molecule has 0 N–H and O–H groups in total. The zero-order chi connectivity index (χ0) is 8.91. The number of allylic oxidation sites excluding steroid dienone is 3. The van der Waals surface area contributed by atoms with Gasteiger partial charge < -0.3 is 4.90 Å². The SMILES string of the molecule is C/C=C\C=C/N(C)C(C)(C)C. The first-order chi connectivity index (χ1) is 4.98. The maximum absolute atomic E-state index is 2.19. The molecule has 0 aliphatic rings. The lowest BCUT2D eigenvalue weighted by Crippen LogP contribution is -2.33. The van der Waals surface area contributed by atoms with Crippen molar-refractivity contribution in [3.63, 3.8) is 0 Å². The van der Waals surface area contributed by atoms with Crippen LogP contribution < -0.4 is 0 Å². The zero-order valence-electron chi connectivity index (χ0n) is 8.26. The van der Waals surface area contributed by atoms with E-state index in [9.17, 15) is 0 Å². The van der Waals surface area contributed by atoms with E-state index in [4.69, 9.17) is 0 Å². The summed E-state index contributed by atoms with van der Waals surface area (Å²) < 4.78 is 0. The predicted octanol–water partition coefficient (Wildman–Crippen LogP) is 2.81. The summed E-state index contributed by atoms with van der Waals surface area (Å²) in [6, 6.07) is 0.